The molecule has 21 heavy (non-hydrogen) atoms. The fraction of sp³-hybridized carbons (Fsp3) is 0.467. The number of carboxylic acids is 1. The van der Waals surface area contributed by atoms with Crippen LogP contribution >= 0.6 is 11.6 Å². The van der Waals surface area contributed by atoms with E-state index in [9.17, 15) is 9.59 Å². The lowest BCUT2D eigenvalue weighted by Crippen LogP contribution is -2.57. The zero-order chi connectivity index (χ0) is 15.5. The Morgan fingerprint density at radius 3 is 2.71 bits per heavy atom. The number of aliphatic carboxylic acids is 1. The van der Waals surface area contributed by atoms with E-state index in [1.165, 1.54) is 0 Å². The van der Waals surface area contributed by atoms with Crippen molar-refractivity contribution in [1.82, 2.24) is 5.32 Å². The van der Waals surface area contributed by atoms with Crippen LogP contribution in [0, 0.1) is 0 Å². The van der Waals surface area contributed by atoms with Gasteiger partial charge in [0.25, 0.3) is 5.91 Å². The van der Waals surface area contributed by atoms with Gasteiger partial charge in [0.15, 0.2) is 6.10 Å². The predicted octanol–water partition coefficient (Wildman–Crippen LogP) is 2.62. The van der Waals surface area contributed by atoms with E-state index >= 15 is 0 Å². The van der Waals surface area contributed by atoms with Gasteiger partial charge in [-0.1, -0.05) is 17.7 Å². The van der Waals surface area contributed by atoms with Gasteiger partial charge in [0.05, 0.1) is 12.0 Å². The monoisotopic (exact) mass is 311 g/mol. The first kappa shape index (κ1) is 15.6. The second-order valence-corrected chi connectivity index (χ2v) is 5.85. The van der Waals surface area contributed by atoms with Crippen LogP contribution in [0.25, 0.3) is 0 Å². The first-order chi connectivity index (χ1) is 9.90. The molecule has 0 spiro atoms. The molecule has 1 aromatic carbocycles. The van der Waals surface area contributed by atoms with Crippen molar-refractivity contribution < 1.29 is 19.4 Å². The van der Waals surface area contributed by atoms with Crippen LogP contribution in [-0.4, -0.2) is 28.6 Å². The minimum Gasteiger partial charge on any atom is -0.481 e. The maximum Gasteiger partial charge on any atom is 0.305 e. The Kier molecular flexibility index (Phi) is 4.73. The Balaban J connectivity index is 1.94. The van der Waals surface area contributed by atoms with Crippen molar-refractivity contribution in [3.63, 3.8) is 0 Å². The van der Waals surface area contributed by atoms with E-state index in [4.69, 9.17) is 21.4 Å². The largest absolute Gasteiger partial charge is 0.481 e. The molecule has 1 amide bonds. The topological polar surface area (TPSA) is 75.6 Å². The molecule has 0 heterocycles. The minimum absolute atomic E-state index is 0.0530. The molecule has 1 aliphatic rings. The van der Waals surface area contributed by atoms with Crippen LogP contribution in [0.15, 0.2) is 24.3 Å². The van der Waals surface area contributed by atoms with Crippen molar-refractivity contribution in [3.8, 4) is 5.75 Å². The third kappa shape index (κ3) is 4.11. The summed E-state index contributed by atoms with van der Waals surface area (Å²) in [5, 5.41) is 12.3. The first-order valence-electron chi connectivity index (χ1n) is 6.86. The van der Waals surface area contributed by atoms with Crippen LogP contribution in [0.2, 0.25) is 5.02 Å². The molecular weight excluding hydrogens is 294 g/mol. The van der Waals surface area contributed by atoms with Gasteiger partial charge in [-0.05, 0) is 44.4 Å². The maximum absolute atomic E-state index is 12.2. The Morgan fingerprint density at radius 1 is 1.48 bits per heavy atom. The number of rotatable bonds is 6. The van der Waals surface area contributed by atoms with E-state index in [0.29, 0.717) is 23.6 Å². The van der Waals surface area contributed by atoms with Crippen molar-refractivity contribution >= 4 is 23.5 Å². The Labute approximate surface area is 128 Å². The number of amides is 1. The lowest BCUT2D eigenvalue weighted by atomic mass is 9.74. The molecule has 0 aromatic heterocycles. The van der Waals surface area contributed by atoms with Crippen LogP contribution in [0.3, 0.4) is 0 Å². The number of halogens is 1. The quantitative estimate of drug-likeness (QED) is 0.847. The number of hydrogen-bond acceptors (Lipinski definition) is 3. The molecule has 1 unspecified atom stereocenters. The summed E-state index contributed by atoms with van der Waals surface area (Å²) in [6.07, 6.45) is 1.54. The highest BCUT2D eigenvalue weighted by molar-refractivity contribution is 6.30. The lowest BCUT2D eigenvalue weighted by molar-refractivity contribution is -0.141. The molecule has 1 aromatic rings. The number of benzene rings is 1. The lowest BCUT2D eigenvalue weighted by Gasteiger charge is -2.42. The standard InChI is InChI=1S/C15H18ClNO4/c1-10(21-12-5-2-4-11(16)8-12)14(20)17-15(6-3-7-15)9-13(18)19/h2,4-5,8,10H,3,6-7,9H2,1H3,(H,17,20)(H,18,19). The highest BCUT2D eigenvalue weighted by atomic mass is 35.5. The number of carbonyl (C=O) groups is 2. The normalized spacial score (nSPS) is 17.4. The average molecular weight is 312 g/mol. The van der Waals surface area contributed by atoms with Crippen molar-refractivity contribution in [2.24, 2.45) is 0 Å². The van der Waals surface area contributed by atoms with Crippen LogP contribution in [0.1, 0.15) is 32.6 Å². The molecule has 5 nitrogen and oxygen atoms in total. The van der Waals surface area contributed by atoms with Gasteiger partial charge in [0, 0.05) is 5.02 Å². The van der Waals surface area contributed by atoms with Gasteiger partial charge in [-0.25, -0.2) is 0 Å². The first-order valence-corrected chi connectivity index (χ1v) is 7.24. The Bertz CT molecular complexity index is 542. The van der Waals surface area contributed by atoms with E-state index in [1.807, 2.05) is 0 Å². The summed E-state index contributed by atoms with van der Waals surface area (Å²) in [7, 11) is 0. The van der Waals surface area contributed by atoms with E-state index in [-0.39, 0.29) is 12.3 Å². The fourth-order valence-corrected chi connectivity index (χ4v) is 2.58. The number of carbonyl (C=O) groups excluding carboxylic acids is 1. The van der Waals surface area contributed by atoms with Crippen molar-refractivity contribution in [2.45, 2.75) is 44.2 Å². The third-order valence-corrected chi connectivity index (χ3v) is 3.90. The second-order valence-electron chi connectivity index (χ2n) is 5.41. The zero-order valence-corrected chi connectivity index (χ0v) is 12.5. The molecule has 1 saturated carbocycles. The third-order valence-electron chi connectivity index (χ3n) is 3.67. The van der Waals surface area contributed by atoms with Crippen LogP contribution in [-0.2, 0) is 9.59 Å². The van der Waals surface area contributed by atoms with Crippen molar-refractivity contribution in [3.05, 3.63) is 29.3 Å². The second kappa shape index (κ2) is 6.35. The maximum atomic E-state index is 12.2. The number of nitrogens with one attached hydrogen (secondary N) is 1. The number of ether oxygens (including phenoxy) is 1. The van der Waals surface area contributed by atoms with E-state index < -0.39 is 17.6 Å². The fourth-order valence-electron chi connectivity index (χ4n) is 2.40. The molecule has 1 atom stereocenters. The summed E-state index contributed by atoms with van der Waals surface area (Å²) < 4.78 is 5.53. The van der Waals surface area contributed by atoms with E-state index in [0.717, 1.165) is 6.42 Å². The highest BCUT2D eigenvalue weighted by Gasteiger charge is 2.41. The van der Waals surface area contributed by atoms with Gasteiger partial charge < -0.3 is 15.2 Å². The Morgan fingerprint density at radius 2 is 2.19 bits per heavy atom. The zero-order valence-electron chi connectivity index (χ0n) is 11.8. The van der Waals surface area contributed by atoms with Crippen LogP contribution < -0.4 is 10.1 Å². The number of carboxylic acid groups (broad SMARTS) is 1. The molecule has 114 valence electrons. The molecule has 0 radical (unpaired) electrons. The van der Waals surface area contributed by atoms with Gasteiger partial charge in [-0.3, -0.25) is 9.59 Å². The molecule has 2 N–H and O–H groups in total. The summed E-state index contributed by atoms with van der Waals surface area (Å²) in [6, 6.07) is 6.79. The minimum atomic E-state index is -0.904. The smallest absolute Gasteiger partial charge is 0.305 e. The molecule has 1 aliphatic carbocycles. The van der Waals surface area contributed by atoms with Gasteiger partial charge in [0.1, 0.15) is 5.75 Å². The average Bonchev–Trinajstić information content (AvgIpc) is 2.35. The number of hydrogen-bond donors (Lipinski definition) is 2. The summed E-state index contributed by atoms with van der Waals surface area (Å²) in [5.74, 6) is -0.708. The summed E-state index contributed by atoms with van der Waals surface area (Å²) in [6.45, 7) is 1.63. The van der Waals surface area contributed by atoms with Gasteiger partial charge in [-0.2, -0.15) is 0 Å². The van der Waals surface area contributed by atoms with Crippen molar-refractivity contribution in [2.75, 3.05) is 0 Å². The molecule has 0 saturated heterocycles. The molecule has 0 bridgehead atoms. The van der Waals surface area contributed by atoms with Crippen LogP contribution in [0.5, 0.6) is 5.75 Å². The predicted molar refractivity (Wildman–Crippen MR) is 78.5 cm³/mol. The molecule has 6 heteroatoms. The highest BCUT2D eigenvalue weighted by Crippen LogP contribution is 2.35. The van der Waals surface area contributed by atoms with E-state index in [1.54, 1.807) is 31.2 Å². The summed E-state index contributed by atoms with van der Waals surface area (Å²) >= 11 is 5.86. The van der Waals surface area contributed by atoms with Gasteiger partial charge >= 0.3 is 5.97 Å². The van der Waals surface area contributed by atoms with Gasteiger partial charge in [-0.15, -0.1) is 0 Å². The molecule has 1 fully saturated rings. The molecule has 2 rings (SSSR count). The Hall–Kier alpha value is -1.75. The van der Waals surface area contributed by atoms with Gasteiger partial charge in [0.2, 0.25) is 0 Å². The molecule has 0 aliphatic heterocycles. The SMILES string of the molecule is CC(Oc1cccc(Cl)c1)C(=O)NC1(CC(=O)O)CCC1. The van der Waals surface area contributed by atoms with Crippen molar-refractivity contribution in [1.29, 1.82) is 0 Å². The summed E-state index contributed by atoms with van der Waals surface area (Å²) in [5.41, 5.74) is -0.616. The van der Waals surface area contributed by atoms with Crippen LogP contribution in [0.4, 0.5) is 0 Å². The summed E-state index contributed by atoms with van der Waals surface area (Å²) in [4.78, 5) is 23.1. The molecular formula is C15H18ClNO4. The van der Waals surface area contributed by atoms with E-state index in [2.05, 4.69) is 5.32 Å².